The predicted molar refractivity (Wildman–Crippen MR) is 86.6 cm³/mol. The fraction of sp³-hybridized carbons (Fsp3) is 0.722. The van der Waals surface area contributed by atoms with Crippen LogP contribution >= 0.6 is 0 Å². The van der Waals surface area contributed by atoms with Gasteiger partial charge in [0.05, 0.1) is 13.2 Å². The molecule has 5 heteroatoms. The van der Waals surface area contributed by atoms with Crippen LogP contribution in [0, 0.1) is 17.3 Å². The number of rotatable bonds is 10. The summed E-state index contributed by atoms with van der Waals surface area (Å²) in [7, 11) is 0. The van der Waals surface area contributed by atoms with Crippen molar-refractivity contribution >= 4 is 17.7 Å². The van der Waals surface area contributed by atoms with Crippen molar-refractivity contribution in [1.82, 2.24) is 0 Å². The molecule has 1 aliphatic carbocycles. The van der Waals surface area contributed by atoms with Crippen LogP contribution in [0.25, 0.3) is 0 Å². The van der Waals surface area contributed by atoms with E-state index in [0.717, 1.165) is 19.3 Å². The van der Waals surface area contributed by atoms with Crippen molar-refractivity contribution in [3.63, 3.8) is 0 Å². The van der Waals surface area contributed by atoms with Crippen molar-refractivity contribution in [3.05, 3.63) is 12.2 Å². The van der Waals surface area contributed by atoms with Gasteiger partial charge in [0.2, 0.25) is 0 Å². The van der Waals surface area contributed by atoms with E-state index in [0.29, 0.717) is 6.42 Å². The Balaban J connectivity index is 2.73. The maximum absolute atomic E-state index is 12.1. The molecule has 0 bridgehead atoms. The number of hydrogen-bond acceptors (Lipinski definition) is 5. The maximum Gasteiger partial charge on any atom is 0.324 e. The molecular formula is C18H28O5. The molecule has 5 nitrogen and oxygen atoms in total. The van der Waals surface area contributed by atoms with E-state index in [1.165, 1.54) is 6.08 Å². The predicted octanol–water partition coefficient (Wildman–Crippen LogP) is 3.07. The Morgan fingerprint density at radius 3 is 2.17 bits per heavy atom. The van der Waals surface area contributed by atoms with Gasteiger partial charge in [0, 0.05) is 11.8 Å². The lowest BCUT2D eigenvalue weighted by Crippen LogP contribution is -2.31. The molecule has 2 unspecified atom stereocenters. The molecule has 23 heavy (non-hydrogen) atoms. The van der Waals surface area contributed by atoms with Crippen molar-refractivity contribution in [2.45, 2.75) is 53.4 Å². The van der Waals surface area contributed by atoms with Crippen LogP contribution in [-0.4, -0.2) is 30.9 Å². The Morgan fingerprint density at radius 2 is 1.70 bits per heavy atom. The first kappa shape index (κ1) is 19.4. The second kappa shape index (κ2) is 8.85. The molecule has 0 aliphatic heterocycles. The third kappa shape index (κ3) is 4.66. The molecule has 0 radical (unpaired) electrons. The molecule has 2 atom stereocenters. The highest BCUT2D eigenvalue weighted by molar-refractivity contribution is 6.04. The summed E-state index contributed by atoms with van der Waals surface area (Å²) in [5, 5.41) is 0. The van der Waals surface area contributed by atoms with Gasteiger partial charge in [-0.2, -0.15) is 0 Å². The van der Waals surface area contributed by atoms with Gasteiger partial charge in [-0.25, -0.2) is 0 Å². The fourth-order valence-electron chi connectivity index (χ4n) is 2.62. The number of carbonyl (C=O) groups is 3. The van der Waals surface area contributed by atoms with E-state index in [4.69, 9.17) is 9.47 Å². The van der Waals surface area contributed by atoms with Gasteiger partial charge in [-0.15, -0.1) is 0 Å². The standard InChI is InChI=1S/C18H28O5/c1-5-8-9-13(4)15(19)11-10-14-12-18(14,16(20)22-6-2)17(21)23-7-3/h10-11,13-14H,5-9,12H2,1-4H3. The van der Waals surface area contributed by atoms with Gasteiger partial charge in [0.1, 0.15) is 0 Å². The normalized spacial score (nSPS) is 20.1. The number of carbonyl (C=O) groups excluding carboxylic acids is 3. The van der Waals surface area contributed by atoms with Crippen LogP contribution in [0.3, 0.4) is 0 Å². The van der Waals surface area contributed by atoms with Gasteiger partial charge in [-0.05, 0) is 32.8 Å². The molecule has 130 valence electrons. The summed E-state index contributed by atoms with van der Waals surface area (Å²) in [5.41, 5.74) is -1.25. The lowest BCUT2D eigenvalue weighted by atomic mass is 9.98. The molecule has 0 saturated heterocycles. The topological polar surface area (TPSA) is 69.7 Å². The summed E-state index contributed by atoms with van der Waals surface area (Å²) in [4.78, 5) is 36.3. The summed E-state index contributed by atoms with van der Waals surface area (Å²) in [6.45, 7) is 7.81. The van der Waals surface area contributed by atoms with E-state index in [-0.39, 0.29) is 30.8 Å². The first-order chi connectivity index (χ1) is 10.9. The van der Waals surface area contributed by atoms with E-state index < -0.39 is 17.4 Å². The van der Waals surface area contributed by atoms with Crippen LogP contribution in [0.1, 0.15) is 53.4 Å². The van der Waals surface area contributed by atoms with E-state index in [1.807, 2.05) is 6.92 Å². The Bertz CT molecular complexity index is 448. The molecule has 1 aliphatic rings. The summed E-state index contributed by atoms with van der Waals surface area (Å²) in [5.74, 6) is -1.43. The third-order valence-electron chi connectivity index (χ3n) is 4.26. The van der Waals surface area contributed by atoms with E-state index in [9.17, 15) is 14.4 Å². The molecule has 0 aromatic rings. The molecule has 0 heterocycles. The number of esters is 2. The monoisotopic (exact) mass is 324 g/mol. The molecule has 1 rings (SSSR count). The Morgan fingerprint density at radius 1 is 1.13 bits per heavy atom. The molecule has 1 saturated carbocycles. The van der Waals surface area contributed by atoms with Crippen molar-refractivity contribution in [2.24, 2.45) is 17.3 Å². The Hall–Kier alpha value is -1.65. The second-order valence-corrected chi connectivity index (χ2v) is 6.03. The average Bonchev–Trinajstić information content (AvgIpc) is 3.26. The molecule has 1 fully saturated rings. The zero-order valence-corrected chi connectivity index (χ0v) is 14.6. The van der Waals surface area contributed by atoms with E-state index in [2.05, 4.69) is 6.92 Å². The summed E-state index contributed by atoms with van der Waals surface area (Å²) >= 11 is 0. The smallest absolute Gasteiger partial charge is 0.324 e. The first-order valence-electron chi connectivity index (χ1n) is 8.50. The minimum atomic E-state index is -1.25. The molecule has 0 N–H and O–H groups in total. The van der Waals surface area contributed by atoms with Crippen molar-refractivity contribution in [1.29, 1.82) is 0 Å². The highest BCUT2D eigenvalue weighted by atomic mass is 16.6. The first-order valence-corrected chi connectivity index (χ1v) is 8.50. The fourth-order valence-corrected chi connectivity index (χ4v) is 2.62. The minimum absolute atomic E-state index is 0.0342. The zero-order chi connectivity index (χ0) is 17.5. The lowest BCUT2D eigenvalue weighted by molar-refractivity contribution is -0.164. The van der Waals surface area contributed by atoms with Crippen LogP contribution in [0.2, 0.25) is 0 Å². The second-order valence-electron chi connectivity index (χ2n) is 6.03. The quantitative estimate of drug-likeness (QED) is 0.351. The average molecular weight is 324 g/mol. The van der Waals surface area contributed by atoms with E-state index >= 15 is 0 Å². The van der Waals surface area contributed by atoms with Crippen LogP contribution in [0.15, 0.2) is 12.2 Å². The third-order valence-corrected chi connectivity index (χ3v) is 4.26. The van der Waals surface area contributed by atoms with Gasteiger partial charge in [0.25, 0.3) is 0 Å². The van der Waals surface area contributed by atoms with Crippen LogP contribution in [0.4, 0.5) is 0 Å². The molecule has 0 aromatic heterocycles. The van der Waals surface area contributed by atoms with Gasteiger partial charge >= 0.3 is 11.9 Å². The molecular weight excluding hydrogens is 296 g/mol. The molecule has 0 aromatic carbocycles. The minimum Gasteiger partial charge on any atom is -0.465 e. The molecule has 0 spiro atoms. The summed E-state index contributed by atoms with van der Waals surface area (Å²) < 4.78 is 10.0. The van der Waals surface area contributed by atoms with Crippen LogP contribution in [0.5, 0.6) is 0 Å². The molecule has 0 amide bonds. The SMILES string of the molecule is CCCCC(C)C(=O)C=CC1CC1(C(=O)OCC)C(=O)OCC. The number of ketones is 1. The number of unbranched alkanes of at least 4 members (excludes halogenated alkanes) is 1. The zero-order valence-electron chi connectivity index (χ0n) is 14.6. The highest BCUT2D eigenvalue weighted by Gasteiger charge is 2.67. The van der Waals surface area contributed by atoms with Crippen LogP contribution < -0.4 is 0 Å². The number of allylic oxidation sites excluding steroid dienone is 2. The summed E-state index contributed by atoms with van der Waals surface area (Å²) in [6, 6.07) is 0. The number of hydrogen-bond donors (Lipinski definition) is 0. The van der Waals surface area contributed by atoms with Crippen molar-refractivity contribution in [2.75, 3.05) is 13.2 Å². The largest absolute Gasteiger partial charge is 0.465 e. The highest BCUT2D eigenvalue weighted by Crippen LogP contribution is 2.55. The van der Waals surface area contributed by atoms with Gasteiger partial charge in [-0.1, -0.05) is 32.8 Å². The number of ether oxygens (including phenoxy) is 2. The Labute approximate surface area is 138 Å². The maximum atomic E-state index is 12.1. The van der Waals surface area contributed by atoms with Gasteiger partial charge < -0.3 is 9.47 Å². The van der Waals surface area contributed by atoms with Crippen LogP contribution in [-0.2, 0) is 23.9 Å². The van der Waals surface area contributed by atoms with Gasteiger partial charge in [0.15, 0.2) is 11.2 Å². The lowest BCUT2D eigenvalue weighted by Gasteiger charge is -2.13. The summed E-state index contributed by atoms with van der Waals surface area (Å²) in [6.07, 6.45) is 6.44. The van der Waals surface area contributed by atoms with Crippen molar-refractivity contribution in [3.8, 4) is 0 Å². The van der Waals surface area contributed by atoms with E-state index in [1.54, 1.807) is 19.9 Å². The Kier molecular flexibility index (Phi) is 7.46. The van der Waals surface area contributed by atoms with Crippen molar-refractivity contribution < 1.29 is 23.9 Å². The van der Waals surface area contributed by atoms with Gasteiger partial charge in [-0.3, -0.25) is 14.4 Å².